The number of nitrogens with one attached hydrogen (secondary N) is 1. The number of ether oxygens (including phenoxy) is 1. The van der Waals surface area contributed by atoms with Crippen molar-refractivity contribution < 1.29 is 13.2 Å². The van der Waals surface area contributed by atoms with Crippen LogP contribution in [0.4, 0.5) is 0 Å². The summed E-state index contributed by atoms with van der Waals surface area (Å²) in [4.78, 5) is 0.101. The average Bonchev–Trinajstić information content (AvgIpc) is 2.00. The summed E-state index contributed by atoms with van der Waals surface area (Å²) < 4.78 is 29.8. The molecule has 0 spiro atoms. The van der Waals surface area contributed by atoms with Gasteiger partial charge in [-0.3, -0.25) is 0 Å². The van der Waals surface area contributed by atoms with Crippen molar-refractivity contribution in [2.24, 2.45) is 0 Å². The van der Waals surface area contributed by atoms with E-state index in [2.05, 4.69) is 20.7 Å². The molecule has 0 aliphatic carbocycles. The van der Waals surface area contributed by atoms with Crippen molar-refractivity contribution in [3.05, 3.63) is 0 Å². The van der Waals surface area contributed by atoms with Gasteiger partial charge in [0, 0.05) is 17.5 Å². The van der Waals surface area contributed by atoms with E-state index in [4.69, 9.17) is 4.74 Å². The monoisotopic (exact) mass is 273 g/mol. The van der Waals surface area contributed by atoms with Gasteiger partial charge in [-0.1, -0.05) is 22.9 Å². The van der Waals surface area contributed by atoms with Crippen molar-refractivity contribution >= 4 is 26.0 Å². The predicted molar refractivity (Wildman–Crippen MR) is 56.4 cm³/mol. The molecule has 0 aromatic rings. The fourth-order valence-electron chi connectivity index (χ4n) is 0.604. The number of alkyl halides is 1. The maximum Gasteiger partial charge on any atom is 0.236 e. The van der Waals surface area contributed by atoms with Gasteiger partial charge in [0.1, 0.15) is 0 Å². The van der Waals surface area contributed by atoms with E-state index in [-0.39, 0.29) is 16.8 Å². The van der Waals surface area contributed by atoms with Crippen molar-refractivity contribution in [1.82, 2.24) is 4.72 Å². The van der Waals surface area contributed by atoms with Crippen LogP contribution in [0.3, 0.4) is 0 Å². The van der Waals surface area contributed by atoms with Crippen molar-refractivity contribution in [1.29, 1.82) is 0 Å². The molecule has 4 nitrogen and oxygen atoms in total. The smallest absolute Gasteiger partial charge is 0.236 e. The van der Waals surface area contributed by atoms with Gasteiger partial charge in [-0.15, -0.1) is 0 Å². The minimum absolute atomic E-state index is 0.101. The van der Waals surface area contributed by atoms with Gasteiger partial charge in [0.15, 0.2) is 5.94 Å². The largest absolute Gasteiger partial charge is 0.364 e. The predicted octanol–water partition coefficient (Wildman–Crippen LogP) is 1.07. The van der Waals surface area contributed by atoms with Crippen LogP contribution in [0.2, 0.25) is 0 Å². The number of hydrogen-bond acceptors (Lipinski definition) is 3. The SMILES string of the molecule is CCOCS(=O)(=O)N[C@H](C)C(C)Br. The molecule has 0 heterocycles. The normalized spacial score (nSPS) is 16.9. The highest BCUT2D eigenvalue weighted by Crippen LogP contribution is 2.04. The van der Waals surface area contributed by atoms with E-state index in [0.717, 1.165) is 0 Å². The van der Waals surface area contributed by atoms with Crippen LogP contribution in [0.1, 0.15) is 20.8 Å². The first-order chi connectivity index (χ1) is 5.89. The van der Waals surface area contributed by atoms with Crippen LogP contribution in [-0.2, 0) is 14.8 Å². The Labute approximate surface area is 88.2 Å². The van der Waals surface area contributed by atoms with Gasteiger partial charge < -0.3 is 4.74 Å². The molecule has 6 heteroatoms. The fraction of sp³-hybridized carbons (Fsp3) is 1.00. The Hall–Kier alpha value is 0.350. The minimum atomic E-state index is -3.29. The molecule has 0 aliphatic heterocycles. The summed E-state index contributed by atoms with van der Waals surface area (Å²) in [6.45, 7) is 5.84. The third-order valence-corrected chi connectivity index (χ3v) is 3.50. The molecule has 80 valence electrons. The lowest BCUT2D eigenvalue weighted by Gasteiger charge is -2.15. The number of halogens is 1. The maximum atomic E-state index is 11.2. The molecule has 0 amide bonds. The Bertz CT molecular complexity index is 228. The lowest BCUT2D eigenvalue weighted by molar-refractivity contribution is 0.191. The number of rotatable bonds is 6. The Balaban J connectivity index is 4.02. The zero-order valence-electron chi connectivity index (χ0n) is 8.08. The molecule has 2 atom stereocenters. The number of hydrogen-bond donors (Lipinski definition) is 1. The Morgan fingerprint density at radius 3 is 2.38 bits per heavy atom. The molecule has 0 radical (unpaired) electrons. The summed E-state index contributed by atoms with van der Waals surface area (Å²) >= 11 is 3.29. The second kappa shape index (κ2) is 5.95. The molecule has 13 heavy (non-hydrogen) atoms. The Morgan fingerprint density at radius 2 is 2.00 bits per heavy atom. The second-order valence-corrected chi connectivity index (χ2v) is 5.95. The highest BCUT2D eigenvalue weighted by atomic mass is 79.9. The summed E-state index contributed by atoms with van der Waals surface area (Å²) in [6.07, 6.45) is 0. The quantitative estimate of drug-likeness (QED) is 0.737. The minimum Gasteiger partial charge on any atom is -0.364 e. The van der Waals surface area contributed by atoms with Crippen LogP contribution in [0.25, 0.3) is 0 Å². The van der Waals surface area contributed by atoms with Crippen molar-refractivity contribution in [2.45, 2.75) is 31.6 Å². The van der Waals surface area contributed by atoms with Gasteiger partial charge in [-0.05, 0) is 13.8 Å². The van der Waals surface area contributed by atoms with Crippen LogP contribution in [0.15, 0.2) is 0 Å². The molecular formula is C7H16BrNO3S. The van der Waals surface area contributed by atoms with Crippen LogP contribution in [0, 0.1) is 0 Å². The third kappa shape index (κ3) is 6.42. The molecule has 0 saturated heterocycles. The summed E-state index contributed by atoms with van der Waals surface area (Å²) in [5, 5.41) is 0. The first-order valence-corrected chi connectivity index (χ1v) is 6.67. The van der Waals surface area contributed by atoms with E-state index in [1.807, 2.05) is 6.92 Å². The van der Waals surface area contributed by atoms with Gasteiger partial charge in [0.05, 0.1) is 0 Å². The average molecular weight is 274 g/mol. The van der Waals surface area contributed by atoms with Gasteiger partial charge in [-0.2, -0.15) is 0 Å². The maximum absolute atomic E-state index is 11.2. The second-order valence-electron chi connectivity index (χ2n) is 2.81. The van der Waals surface area contributed by atoms with Crippen LogP contribution in [-0.4, -0.2) is 31.8 Å². The molecule has 0 saturated carbocycles. The summed E-state index contributed by atoms with van der Waals surface area (Å²) in [6, 6.07) is -0.134. The number of sulfonamides is 1. The first-order valence-electron chi connectivity index (χ1n) is 4.11. The van der Waals surface area contributed by atoms with E-state index < -0.39 is 10.0 Å². The fourth-order valence-corrected chi connectivity index (χ4v) is 2.14. The van der Waals surface area contributed by atoms with E-state index in [1.54, 1.807) is 13.8 Å². The van der Waals surface area contributed by atoms with E-state index in [1.165, 1.54) is 0 Å². The summed E-state index contributed by atoms with van der Waals surface area (Å²) in [5.74, 6) is -0.270. The third-order valence-electron chi connectivity index (χ3n) is 1.50. The zero-order chi connectivity index (χ0) is 10.5. The van der Waals surface area contributed by atoms with Gasteiger partial charge in [0.2, 0.25) is 10.0 Å². The van der Waals surface area contributed by atoms with Gasteiger partial charge >= 0.3 is 0 Å². The van der Waals surface area contributed by atoms with Gasteiger partial charge in [-0.25, -0.2) is 13.1 Å². The highest BCUT2D eigenvalue weighted by Gasteiger charge is 2.17. The van der Waals surface area contributed by atoms with E-state index in [9.17, 15) is 8.42 Å². The van der Waals surface area contributed by atoms with Crippen molar-refractivity contribution in [2.75, 3.05) is 12.5 Å². The molecule has 0 aliphatic rings. The molecule has 1 unspecified atom stereocenters. The van der Waals surface area contributed by atoms with Crippen LogP contribution < -0.4 is 4.72 Å². The molecular weight excluding hydrogens is 258 g/mol. The summed E-state index contributed by atoms with van der Waals surface area (Å²) in [7, 11) is -3.29. The molecule has 0 aromatic carbocycles. The standard InChI is InChI=1S/C7H16BrNO3S/c1-4-12-5-13(10,11)9-7(3)6(2)8/h6-7,9H,4-5H2,1-3H3/t6?,7-/m1/s1. The van der Waals surface area contributed by atoms with Crippen molar-refractivity contribution in [3.8, 4) is 0 Å². The lowest BCUT2D eigenvalue weighted by atomic mass is 10.3. The molecule has 1 N–H and O–H groups in total. The zero-order valence-corrected chi connectivity index (χ0v) is 10.5. The van der Waals surface area contributed by atoms with E-state index >= 15 is 0 Å². The van der Waals surface area contributed by atoms with Gasteiger partial charge in [0.25, 0.3) is 0 Å². The topological polar surface area (TPSA) is 55.4 Å². The highest BCUT2D eigenvalue weighted by molar-refractivity contribution is 9.09. The van der Waals surface area contributed by atoms with Crippen LogP contribution >= 0.6 is 15.9 Å². The van der Waals surface area contributed by atoms with E-state index in [0.29, 0.717) is 6.61 Å². The Morgan fingerprint density at radius 1 is 1.46 bits per heavy atom. The molecule has 0 bridgehead atoms. The van der Waals surface area contributed by atoms with Crippen molar-refractivity contribution in [3.63, 3.8) is 0 Å². The molecule has 0 fully saturated rings. The first kappa shape index (κ1) is 13.4. The lowest BCUT2D eigenvalue weighted by Crippen LogP contribution is -2.39. The Kier molecular flexibility index (Phi) is 6.11. The van der Waals surface area contributed by atoms with Crippen LogP contribution in [0.5, 0.6) is 0 Å². The molecule has 0 rings (SSSR count). The molecule has 0 aromatic heterocycles. The summed E-state index contributed by atoms with van der Waals surface area (Å²) in [5.41, 5.74) is 0.